The van der Waals surface area contributed by atoms with E-state index in [9.17, 15) is 10.1 Å². The molecule has 0 aliphatic rings. The van der Waals surface area contributed by atoms with Gasteiger partial charge in [-0.15, -0.1) is 0 Å². The van der Waals surface area contributed by atoms with Crippen molar-refractivity contribution in [1.82, 2.24) is 0 Å². The molecule has 0 radical (unpaired) electrons. The highest BCUT2D eigenvalue weighted by molar-refractivity contribution is 7.95. The molecule has 6 heteroatoms. The monoisotopic (exact) mass is 507 g/mol. The van der Waals surface area contributed by atoms with Crippen molar-refractivity contribution in [2.75, 3.05) is 7.11 Å². The molecule has 0 aromatic heterocycles. The predicted molar refractivity (Wildman–Crippen MR) is 129 cm³/mol. The van der Waals surface area contributed by atoms with E-state index in [4.69, 9.17) is 4.74 Å². The Balaban J connectivity index is 0.00000289. The third kappa shape index (κ3) is 4.59. The fraction of sp³-hybridized carbons (Fsp3) is 0.0769. The number of nitrogens with zero attached hydrogens (tertiary/aromatic N) is 1. The van der Waals surface area contributed by atoms with Crippen LogP contribution in [0.3, 0.4) is 0 Å². The quantitative estimate of drug-likeness (QED) is 0.218. The van der Waals surface area contributed by atoms with Crippen molar-refractivity contribution in [3.05, 3.63) is 125 Å². The molecule has 32 heavy (non-hydrogen) atoms. The van der Waals surface area contributed by atoms with E-state index in [2.05, 4.69) is 72.8 Å². The highest BCUT2D eigenvalue weighted by atomic mass is 79.9. The average Bonchev–Trinajstić information content (AvgIpc) is 2.84. The van der Waals surface area contributed by atoms with Crippen LogP contribution in [-0.4, -0.2) is 12.0 Å². The van der Waals surface area contributed by atoms with Crippen molar-refractivity contribution in [2.24, 2.45) is 0 Å². The van der Waals surface area contributed by atoms with Crippen LogP contribution in [0.1, 0.15) is 5.56 Å². The zero-order valence-corrected chi connectivity index (χ0v) is 20.1. The van der Waals surface area contributed by atoms with Gasteiger partial charge in [-0.3, -0.25) is 10.1 Å². The van der Waals surface area contributed by atoms with Crippen LogP contribution >= 0.6 is 7.26 Å². The Hall–Kier alpha value is -3.01. The number of nitro groups is 1. The molecule has 4 nitrogen and oxygen atoms in total. The molecule has 0 aliphatic heterocycles. The maximum Gasteiger partial charge on any atom is 0.310 e. The van der Waals surface area contributed by atoms with Crippen molar-refractivity contribution in [2.45, 2.75) is 6.16 Å². The highest BCUT2D eigenvalue weighted by Gasteiger charge is 2.45. The minimum atomic E-state index is -2.07. The number of hydrogen-bond donors (Lipinski definition) is 0. The van der Waals surface area contributed by atoms with E-state index in [1.54, 1.807) is 6.07 Å². The van der Waals surface area contributed by atoms with Crippen molar-refractivity contribution < 1.29 is 26.6 Å². The van der Waals surface area contributed by atoms with Crippen LogP contribution in [0.5, 0.6) is 5.75 Å². The second-order valence-electron chi connectivity index (χ2n) is 7.24. The first-order valence-corrected chi connectivity index (χ1v) is 12.0. The molecule has 162 valence electrons. The predicted octanol–water partition coefficient (Wildman–Crippen LogP) is 2.10. The van der Waals surface area contributed by atoms with E-state index in [1.165, 1.54) is 23.0 Å². The summed E-state index contributed by atoms with van der Waals surface area (Å²) < 4.78 is 5.35. The summed E-state index contributed by atoms with van der Waals surface area (Å²) in [5.41, 5.74) is 0.988. The van der Waals surface area contributed by atoms with Gasteiger partial charge in [-0.05, 0) is 54.1 Å². The van der Waals surface area contributed by atoms with E-state index in [0.717, 1.165) is 11.7 Å². The van der Waals surface area contributed by atoms with Gasteiger partial charge in [0.2, 0.25) is 0 Å². The molecule has 0 aliphatic carbocycles. The number of halogens is 1. The van der Waals surface area contributed by atoms with Crippen LogP contribution in [0.15, 0.2) is 109 Å². The standard InChI is InChI=1S/C26H23NO3P.BrH/c1-30-26-19-21(17-18-25(26)27(28)29)20-31(22-11-5-2-6-12-22,23-13-7-3-8-14-23)24-15-9-4-10-16-24;/h2-19H,20H2,1H3;1H/q+1;/p-1. The second-order valence-corrected chi connectivity index (χ2v) is 10.7. The number of rotatable bonds is 7. The summed E-state index contributed by atoms with van der Waals surface area (Å²) in [6.07, 6.45) is 0.736. The maximum absolute atomic E-state index is 11.4. The van der Waals surface area contributed by atoms with E-state index in [0.29, 0.717) is 0 Å². The van der Waals surface area contributed by atoms with Gasteiger partial charge in [-0.1, -0.05) is 54.6 Å². The highest BCUT2D eigenvalue weighted by Crippen LogP contribution is 2.58. The van der Waals surface area contributed by atoms with E-state index >= 15 is 0 Å². The Labute approximate surface area is 199 Å². The number of hydrogen-bond acceptors (Lipinski definition) is 3. The summed E-state index contributed by atoms with van der Waals surface area (Å²) in [6, 6.07) is 36.9. The summed E-state index contributed by atoms with van der Waals surface area (Å²) in [5, 5.41) is 15.2. The van der Waals surface area contributed by atoms with Gasteiger partial charge in [-0.2, -0.15) is 0 Å². The summed E-state index contributed by atoms with van der Waals surface area (Å²) in [7, 11) is -0.597. The van der Waals surface area contributed by atoms with Gasteiger partial charge >= 0.3 is 5.69 Å². The van der Waals surface area contributed by atoms with Gasteiger partial charge in [0.05, 0.1) is 18.2 Å². The van der Waals surface area contributed by atoms with Gasteiger partial charge in [0, 0.05) is 6.07 Å². The summed E-state index contributed by atoms with van der Waals surface area (Å²) in [5.74, 6) is 0.287. The van der Waals surface area contributed by atoms with Gasteiger partial charge in [0.25, 0.3) is 0 Å². The molecule has 0 fully saturated rings. The molecule has 0 N–H and O–H groups in total. The first-order chi connectivity index (χ1) is 15.1. The van der Waals surface area contributed by atoms with E-state index < -0.39 is 12.2 Å². The van der Waals surface area contributed by atoms with Crippen LogP contribution in [-0.2, 0) is 6.16 Å². The fourth-order valence-electron chi connectivity index (χ4n) is 4.01. The molecular weight excluding hydrogens is 485 g/mol. The summed E-state index contributed by atoms with van der Waals surface area (Å²) >= 11 is 0. The molecule has 4 rings (SSSR count). The molecule has 0 amide bonds. The molecule has 0 heterocycles. The SMILES string of the molecule is COc1cc(C[P+](c2ccccc2)(c2ccccc2)c2ccccc2)ccc1[N+](=O)[O-].[Br-]. The Kier molecular flexibility index (Phi) is 7.79. The van der Waals surface area contributed by atoms with Crippen molar-refractivity contribution in [1.29, 1.82) is 0 Å². The van der Waals surface area contributed by atoms with E-state index in [-0.39, 0.29) is 28.4 Å². The lowest BCUT2D eigenvalue weighted by atomic mass is 10.2. The van der Waals surface area contributed by atoms with Crippen molar-refractivity contribution in [3.8, 4) is 5.75 Å². The number of nitro benzene ring substituents is 1. The second kappa shape index (κ2) is 10.5. The normalized spacial score (nSPS) is 10.8. The number of ether oxygens (including phenoxy) is 1. The molecule has 4 aromatic carbocycles. The third-order valence-electron chi connectivity index (χ3n) is 5.45. The first-order valence-electron chi connectivity index (χ1n) is 10.0. The van der Waals surface area contributed by atoms with E-state index in [1.807, 2.05) is 30.3 Å². The number of methoxy groups -OCH3 is 1. The van der Waals surface area contributed by atoms with Crippen molar-refractivity contribution >= 4 is 28.9 Å². The lowest BCUT2D eigenvalue weighted by molar-refractivity contribution is -0.385. The minimum absolute atomic E-state index is 0. The molecular formula is C26H23BrNO3P. The van der Waals surface area contributed by atoms with Crippen LogP contribution in [0.25, 0.3) is 0 Å². The Bertz CT molecular complexity index is 1070. The van der Waals surface area contributed by atoms with Crippen LogP contribution < -0.4 is 37.6 Å². The van der Waals surface area contributed by atoms with Gasteiger partial charge in [0.1, 0.15) is 23.2 Å². The molecule has 0 atom stereocenters. The minimum Gasteiger partial charge on any atom is -1.00 e. The topological polar surface area (TPSA) is 52.4 Å². The third-order valence-corrected chi connectivity index (χ3v) is 9.83. The largest absolute Gasteiger partial charge is 1.00 e. The lowest BCUT2D eigenvalue weighted by Crippen LogP contribution is -3.00. The molecule has 0 saturated carbocycles. The van der Waals surface area contributed by atoms with Crippen LogP contribution in [0.2, 0.25) is 0 Å². The smallest absolute Gasteiger partial charge is 0.310 e. The maximum atomic E-state index is 11.4. The van der Waals surface area contributed by atoms with Gasteiger partial charge < -0.3 is 21.7 Å². The van der Waals surface area contributed by atoms with Crippen LogP contribution in [0.4, 0.5) is 5.69 Å². The Morgan fingerprint density at radius 1 is 0.750 bits per heavy atom. The Morgan fingerprint density at radius 2 is 1.19 bits per heavy atom. The zero-order valence-electron chi connectivity index (χ0n) is 17.6. The van der Waals surface area contributed by atoms with Crippen LogP contribution in [0, 0.1) is 10.1 Å². The number of benzene rings is 4. The zero-order chi connectivity index (χ0) is 21.7. The van der Waals surface area contributed by atoms with Gasteiger partial charge in [-0.25, -0.2) is 0 Å². The summed E-state index contributed by atoms with van der Waals surface area (Å²) in [6.45, 7) is 0. The molecule has 0 spiro atoms. The molecule has 0 saturated heterocycles. The molecule has 4 aromatic rings. The first kappa shape index (κ1) is 23.6. The summed E-state index contributed by atoms with van der Waals surface area (Å²) in [4.78, 5) is 11.0. The average molecular weight is 508 g/mol. The Morgan fingerprint density at radius 3 is 1.56 bits per heavy atom. The van der Waals surface area contributed by atoms with Gasteiger partial charge in [0.15, 0.2) is 5.75 Å². The lowest BCUT2D eigenvalue weighted by Gasteiger charge is -2.28. The fourth-order valence-corrected chi connectivity index (χ4v) is 8.24. The molecule has 0 bridgehead atoms. The molecule has 0 unspecified atom stereocenters. The van der Waals surface area contributed by atoms with Crippen molar-refractivity contribution in [3.63, 3.8) is 0 Å².